The molecule has 0 saturated heterocycles. The van der Waals surface area contributed by atoms with Crippen LogP contribution in [-0.2, 0) is 37.9 Å². The lowest BCUT2D eigenvalue weighted by atomic mass is 9.91. The van der Waals surface area contributed by atoms with Crippen LogP contribution >= 0.6 is 34.0 Å². The number of aliphatic hydroxyl groups is 1. The first kappa shape index (κ1) is 42.3. The molecule has 3 aliphatic rings. The molecule has 2 aliphatic carbocycles. The van der Waals surface area contributed by atoms with E-state index in [-0.39, 0.29) is 68.8 Å². The van der Waals surface area contributed by atoms with Crippen LogP contribution in [0.25, 0.3) is 30.3 Å². The summed E-state index contributed by atoms with van der Waals surface area (Å²) in [6, 6.07) is 42.0. The Hall–Kier alpha value is -8.61. The molecule has 0 bridgehead atoms. The first-order valence-electron chi connectivity index (χ1n) is 20.2. The van der Waals surface area contributed by atoms with Gasteiger partial charge in [-0.25, -0.2) is 19.6 Å². The third-order valence-electron chi connectivity index (χ3n) is 11.2. The number of ether oxygens (including phenoxy) is 3. The van der Waals surface area contributed by atoms with E-state index < -0.39 is 29.4 Å². The van der Waals surface area contributed by atoms with Gasteiger partial charge in [0.2, 0.25) is 5.78 Å². The quantitative estimate of drug-likeness (QED) is 0.0858. The maximum Gasteiger partial charge on any atom is 0.367 e. The van der Waals surface area contributed by atoms with E-state index in [1.807, 2.05) is 36.4 Å². The van der Waals surface area contributed by atoms with E-state index in [1.54, 1.807) is 103 Å². The normalized spacial score (nSPS) is 16.1. The van der Waals surface area contributed by atoms with Gasteiger partial charge < -0.3 is 19.3 Å². The summed E-state index contributed by atoms with van der Waals surface area (Å²) in [7, 11) is 0. The molecule has 0 saturated carbocycles. The van der Waals surface area contributed by atoms with Crippen molar-refractivity contribution in [1.29, 1.82) is 21.0 Å². The fraction of sp³-hybridized carbons (Fsp3) is 0.0784. The number of nitrogens with zero attached hydrogens (tertiary/aromatic N) is 6. The van der Waals surface area contributed by atoms with Gasteiger partial charge in [0.1, 0.15) is 70.5 Å². The lowest BCUT2D eigenvalue weighted by molar-refractivity contribution is -0.183. The van der Waals surface area contributed by atoms with Gasteiger partial charge in [-0.15, -0.1) is 34.0 Å². The van der Waals surface area contributed by atoms with Crippen molar-refractivity contribution in [3.05, 3.63) is 171 Å². The molecular weight excluding hydrogens is 905 g/mol. The highest BCUT2D eigenvalue weighted by Gasteiger charge is 2.59. The minimum atomic E-state index is -2.61. The molecule has 0 radical (unpaired) electrons. The number of thiophene rings is 3. The Morgan fingerprint density at radius 1 is 0.657 bits per heavy atom. The highest BCUT2D eigenvalue weighted by Crippen LogP contribution is 2.60. The predicted octanol–water partition coefficient (Wildman–Crippen LogP) is 10.2. The van der Waals surface area contributed by atoms with Crippen LogP contribution < -0.4 is 4.74 Å². The first-order valence-corrected chi connectivity index (χ1v) is 22.6. The molecule has 16 heteroatoms. The Morgan fingerprint density at radius 3 is 1.84 bits per heavy atom. The van der Waals surface area contributed by atoms with Crippen LogP contribution in [0.1, 0.15) is 49.8 Å². The van der Waals surface area contributed by atoms with E-state index in [4.69, 9.17) is 24.2 Å². The second-order valence-electron chi connectivity index (χ2n) is 15.0. The maximum absolute atomic E-state index is 15.0. The van der Waals surface area contributed by atoms with E-state index in [9.17, 15) is 40.5 Å². The standard InChI is InChI=1S/C51H26N6O7S3/c52-21-29(22-53)39-31-15-7-9-17-33(31)43(58)41(39)56-37-19-35-46(66-37)48-45(64-51(35,49(60)62-25-27-11-3-1-4-12-27)50(61)63-26-28-13-5-2-6-14-28)47-36(65-48)20-38(67-47)57-42-40(30(23-54)24-55)32-16-8-10-18-34(32)44(42)59/h1-20,44,59H,25-26H2. The second-order valence-corrected chi connectivity index (χ2v) is 18.2. The van der Waals surface area contributed by atoms with Crippen LogP contribution in [0.15, 0.2) is 142 Å². The van der Waals surface area contributed by atoms with Gasteiger partial charge in [-0.3, -0.25) is 4.79 Å². The summed E-state index contributed by atoms with van der Waals surface area (Å²) in [6.45, 7) is -0.476. The van der Waals surface area contributed by atoms with E-state index in [2.05, 4.69) is 0 Å². The van der Waals surface area contributed by atoms with Gasteiger partial charge in [-0.2, -0.15) is 21.0 Å². The van der Waals surface area contributed by atoms with Crippen molar-refractivity contribution in [2.75, 3.05) is 0 Å². The summed E-state index contributed by atoms with van der Waals surface area (Å²) >= 11 is 3.44. The molecule has 4 aromatic carbocycles. The number of Topliss-reactive ketones (excluding diaryl/α,β-unsaturated/α-hetero) is 1. The summed E-state index contributed by atoms with van der Waals surface area (Å²) in [5.41, 5.74) is -0.0555. The Labute approximate surface area is 392 Å². The van der Waals surface area contributed by atoms with Gasteiger partial charge in [0.15, 0.2) is 5.75 Å². The van der Waals surface area contributed by atoms with Gasteiger partial charge in [-0.05, 0) is 39.9 Å². The fourth-order valence-electron chi connectivity index (χ4n) is 8.16. The monoisotopic (exact) mass is 930 g/mol. The van der Waals surface area contributed by atoms with Gasteiger partial charge in [-0.1, -0.05) is 109 Å². The van der Waals surface area contributed by atoms with E-state index in [0.29, 0.717) is 52.0 Å². The molecule has 1 atom stereocenters. The van der Waals surface area contributed by atoms with E-state index in [1.165, 1.54) is 17.4 Å². The Balaban J connectivity index is 1.16. The van der Waals surface area contributed by atoms with Crippen LogP contribution in [-0.4, -0.2) is 34.3 Å². The molecule has 4 heterocycles. The number of hydrogen-bond acceptors (Lipinski definition) is 16. The van der Waals surface area contributed by atoms with Crippen molar-refractivity contribution >= 4 is 93.7 Å². The zero-order chi connectivity index (χ0) is 46.4. The van der Waals surface area contributed by atoms with Gasteiger partial charge in [0, 0.05) is 22.3 Å². The number of aliphatic hydroxyl groups excluding tert-OH is 1. The number of carbonyl (C=O) groups is 3. The molecule has 1 N–H and O–H groups in total. The van der Waals surface area contributed by atoms with Crippen molar-refractivity contribution in [1.82, 2.24) is 0 Å². The molecule has 13 nitrogen and oxygen atoms in total. The highest BCUT2D eigenvalue weighted by atomic mass is 32.1. The Morgan fingerprint density at radius 2 is 1.21 bits per heavy atom. The van der Waals surface area contributed by atoms with Crippen LogP contribution in [0.2, 0.25) is 0 Å². The zero-order valence-electron chi connectivity index (χ0n) is 34.3. The minimum Gasteiger partial charge on any atom is -0.457 e. The van der Waals surface area contributed by atoms with Crippen molar-refractivity contribution in [3.63, 3.8) is 0 Å². The number of aliphatic imine (C=N–C) groups is 2. The molecule has 3 aromatic heterocycles. The summed E-state index contributed by atoms with van der Waals surface area (Å²) in [4.78, 5) is 54.4. The lowest BCUT2D eigenvalue weighted by Gasteiger charge is -2.33. The fourth-order valence-corrected chi connectivity index (χ4v) is 11.8. The molecule has 1 aliphatic heterocycles. The van der Waals surface area contributed by atoms with Crippen LogP contribution in [0, 0.1) is 45.3 Å². The van der Waals surface area contributed by atoms with Gasteiger partial charge >= 0.3 is 17.5 Å². The largest absolute Gasteiger partial charge is 0.457 e. The molecule has 0 amide bonds. The number of allylic oxidation sites excluding steroid dienone is 3. The topological polar surface area (TPSA) is 219 Å². The third kappa shape index (κ3) is 7.02. The smallest absolute Gasteiger partial charge is 0.367 e. The number of fused-ring (bicyclic) bond motifs is 7. The molecule has 0 spiro atoms. The number of nitriles is 4. The number of benzene rings is 4. The van der Waals surface area contributed by atoms with Crippen molar-refractivity contribution < 1.29 is 33.7 Å². The van der Waals surface area contributed by atoms with Crippen LogP contribution in [0.5, 0.6) is 5.75 Å². The molecule has 7 aromatic rings. The minimum absolute atomic E-state index is 0.0336. The summed E-state index contributed by atoms with van der Waals surface area (Å²) in [5.74, 6) is -2.60. The number of esters is 2. The molecular formula is C51H26N6O7S3. The molecule has 0 fully saturated rings. The highest BCUT2D eigenvalue weighted by molar-refractivity contribution is 7.33. The lowest BCUT2D eigenvalue weighted by Crippen LogP contribution is -2.52. The van der Waals surface area contributed by atoms with Crippen molar-refractivity contribution in [2.45, 2.75) is 24.9 Å². The maximum atomic E-state index is 15.0. The van der Waals surface area contributed by atoms with E-state index in [0.717, 1.165) is 22.7 Å². The van der Waals surface area contributed by atoms with Gasteiger partial charge in [0.25, 0.3) is 0 Å². The van der Waals surface area contributed by atoms with Crippen molar-refractivity contribution in [3.8, 4) is 39.8 Å². The summed E-state index contributed by atoms with van der Waals surface area (Å²) in [5, 5.41) is 51.8. The van der Waals surface area contributed by atoms with Crippen LogP contribution in [0.3, 0.4) is 0 Å². The number of ketones is 1. The molecule has 10 rings (SSSR count). The van der Waals surface area contributed by atoms with Gasteiger partial charge in [0.05, 0.1) is 24.9 Å². The average Bonchev–Trinajstić information content (AvgIpc) is 4.17. The number of hydrogen-bond donors (Lipinski definition) is 1. The predicted molar refractivity (Wildman–Crippen MR) is 250 cm³/mol. The SMILES string of the molecule is N#CC(C#N)=C1C(=Nc2cc3c(s2)-c2sc4cc(N=C5C(=C(C#N)C#N)c6ccccc6C5O)sc4c2OC3(C(=O)OCc2ccccc2)C(=O)OCc2ccccc2)C(=O)c2ccccc21. The Bertz CT molecular complexity index is 3500. The van der Waals surface area contributed by atoms with E-state index >= 15 is 0 Å². The Kier molecular flexibility index (Phi) is 10.8. The molecule has 320 valence electrons. The zero-order valence-corrected chi connectivity index (χ0v) is 36.8. The van der Waals surface area contributed by atoms with Crippen molar-refractivity contribution in [2.24, 2.45) is 9.98 Å². The average molecular weight is 931 g/mol. The number of carbonyl (C=O) groups excluding carboxylic acids is 3. The second kappa shape index (κ2) is 17.1. The third-order valence-corrected chi connectivity index (χ3v) is 14.7. The summed E-state index contributed by atoms with van der Waals surface area (Å²) < 4.78 is 19.7. The first-order chi connectivity index (χ1) is 32.7. The summed E-state index contributed by atoms with van der Waals surface area (Å²) in [6.07, 6.45) is -1.25. The number of rotatable bonds is 8. The molecule has 1 unspecified atom stereocenters. The van der Waals surface area contributed by atoms with Crippen LogP contribution in [0.4, 0.5) is 10.0 Å². The molecule has 67 heavy (non-hydrogen) atoms.